The summed E-state index contributed by atoms with van der Waals surface area (Å²) in [5, 5.41) is 18.7. The third-order valence-electron chi connectivity index (χ3n) is 7.68. The minimum Gasteiger partial charge on any atom is -0.494 e. The highest BCUT2D eigenvalue weighted by molar-refractivity contribution is 5.91. The van der Waals surface area contributed by atoms with Gasteiger partial charge in [0.2, 0.25) is 5.88 Å². The molecule has 6 aromatic rings. The van der Waals surface area contributed by atoms with Gasteiger partial charge in [-0.2, -0.15) is 0 Å². The van der Waals surface area contributed by atoms with Crippen molar-refractivity contribution >= 4 is 21.5 Å². The maximum absolute atomic E-state index is 14.4. The molecule has 6 nitrogen and oxygen atoms in total. The molecule has 0 aliphatic carbocycles. The molecule has 5 aromatic carbocycles. The van der Waals surface area contributed by atoms with Crippen LogP contribution in [0, 0.1) is 0 Å². The lowest BCUT2D eigenvalue weighted by Crippen LogP contribution is -2.43. The largest absolute Gasteiger partial charge is 0.494 e. The summed E-state index contributed by atoms with van der Waals surface area (Å²) in [5.41, 5.74) is 1.99. The fraction of sp³-hybridized carbons (Fsp3) is 0.0909. The molecule has 0 saturated heterocycles. The van der Waals surface area contributed by atoms with E-state index in [4.69, 9.17) is 0 Å². The zero-order chi connectivity index (χ0) is 26.5. The third-order valence-corrected chi connectivity index (χ3v) is 7.68. The number of fused-ring (bicyclic) bond motifs is 3. The van der Waals surface area contributed by atoms with E-state index in [9.17, 15) is 14.7 Å². The summed E-state index contributed by atoms with van der Waals surface area (Å²) in [6, 6.07) is 33.9. The number of nitrogens with zero attached hydrogens (tertiary/aromatic N) is 2. The summed E-state index contributed by atoms with van der Waals surface area (Å²) >= 11 is 0. The van der Waals surface area contributed by atoms with Crippen LogP contribution in [0.3, 0.4) is 0 Å². The monoisotopic (exact) mass is 511 g/mol. The molecule has 7 rings (SSSR count). The fourth-order valence-corrected chi connectivity index (χ4v) is 5.86. The summed E-state index contributed by atoms with van der Waals surface area (Å²) < 4.78 is 2.48. The zero-order valence-corrected chi connectivity index (χ0v) is 21.0. The number of hydrogen-bond acceptors (Lipinski definition) is 4. The van der Waals surface area contributed by atoms with Crippen molar-refractivity contribution in [1.29, 1.82) is 0 Å². The van der Waals surface area contributed by atoms with E-state index in [0.29, 0.717) is 17.9 Å². The van der Waals surface area contributed by atoms with Crippen LogP contribution in [-0.2, 0) is 6.42 Å². The topological polar surface area (TPSA) is 76.3 Å². The molecule has 1 atom stereocenters. The van der Waals surface area contributed by atoms with E-state index in [0.717, 1.165) is 39.1 Å². The number of nitrogens with one attached hydrogen (secondary N) is 1. The Kier molecular flexibility index (Phi) is 5.42. The van der Waals surface area contributed by atoms with Gasteiger partial charge < -0.3 is 10.4 Å². The van der Waals surface area contributed by atoms with Crippen LogP contribution in [0.2, 0.25) is 0 Å². The Bertz CT molecular complexity index is 2010. The smallest absolute Gasteiger partial charge is 0.343 e. The van der Waals surface area contributed by atoms with Gasteiger partial charge in [-0.25, -0.2) is 13.9 Å². The Morgan fingerprint density at radius 3 is 1.92 bits per heavy atom. The van der Waals surface area contributed by atoms with Crippen LogP contribution in [-0.4, -0.2) is 20.8 Å². The van der Waals surface area contributed by atoms with Crippen molar-refractivity contribution in [2.24, 2.45) is 0 Å². The highest BCUT2D eigenvalue weighted by atomic mass is 16.3. The molecule has 0 amide bonds. The van der Waals surface area contributed by atoms with Crippen molar-refractivity contribution in [1.82, 2.24) is 14.5 Å². The van der Waals surface area contributed by atoms with E-state index in [2.05, 4.69) is 5.32 Å². The molecular weight excluding hydrogens is 486 g/mol. The first-order valence-corrected chi connectivity index (χ1v) is 13.0. The van der Waals surface area contributed by atoms with Crippen molar-refractivity contribution in [3.8, 4) is 17.3 Å². The normalized spacial score (nSPS) is 14.9. The van der Waals surface area contributed by atoms with Gasteiger partial charge in [-0.1, -0.05) is 97.1 Å². The maximum Gasteiger partial charge on any atom is 0.343 e. The van der Waals surface area contributed by atoms with Crippen molar-refractivity contribution < 1.29 is 5.11 Å². The Morgan fingerprint density at radius 1 is 0.667 bits per heavy atom. The highest BCUT2D eigenvalue weighted by Gasteiger charge is 2.31. The van der Waals surface area contributed by atoms with Gasteiger partial charge in [0.15, 0.2) is 0 Å². The van der Waals surface area contributed by atoms with Crippen LogP contribution < -0.4 is 16.6 Å². The molecule has 0 fully saturated rings. The number of hydrogen-bond donors (Lipinski definition) is 2. The molecule has 1 aromatic heterocycles. The number of aromatic nitrogens is 2. The van der Waals surface area contributed by atoms with E-state index in [1.807, 2.05) is 97.1 Å². The molecule has 1 unspecified atom stereocenters. The maximum atomic E-state index is 14.4. The van der Waals surface area contributed by atoms with E-state index in [1.54, 1.807) is 12.1 Å². The quantitative estimate of drug-likeness (QED) is 0.341. The SMILES string of the molecule is O=c1c(C2NCCc3ccccc32)c(O)n(-c2cccc3ccccc23)c(=O)n1-c1cccc2ccccc12. The Balaban J connectivity index is 1.63. The Labute approximate surface area is 224 Å². The minimum absolute atomic E-state index is 0.141. The fourth-order valence-electron chi connectivity index (χ4n) is 5.86. The van der Waals surface area contributed by atoms with Crippen LogP contribution in [0.5, 0.6) is 5.88 Å². The van der Waals surface area contributed by atoms with Crippen LogP contribution >= 0.6 is 0 Å². The summed E-state index contributed by atoms with van der Waals surface area (Å²) in [6.07, 6.45) is 0.813. The van der Waals surface area contributed by atoms with Gasteiger partial charge in [-0.3, -0.25) is 4.79 Å². The molecule has 2 N–H and O–H groups in total. The molecule has 190 valence electrons. The number of rotatable bonds is 3. The minimum atomic E-state index is -0.627. The van der Waals surface area contributed by atoms with Crippen LogP contribution in [0.4, 0.5) is 0 Å². The molecule has 39 heavy (non-hydrogen) atoms. The first-order chi connectivity index (χ1) is 19.1. The van der Waals surface area contributed by atoms with Gasteiger partial charge in [0.25, 0.3) is 5.56 Å². The average molecular weight is 512 g/mol. The lowest BCUT2D eigenvalue weighted by atomic mass is 9.90. The van der Waals surface area contributed by atoms with Crippen LogP contribution in [0.25, 0.3) is 32.9 Å². The zero-order valence-electron chi connectivity index (χ0n) is 21.0. The summed E-state index contributed by atoms with van der Waals surface area (Å²) in [7, 11) is 0. The first-order valence-electron chi connectivity index (χ1n) is 13.0. The van der Waals surface area contributed by atoms with Gasteiger partial charge in [0.05, 0.1) is 23.0 Å². The van der Waals surface area contributed by atoms with E-state index in [1.165, 1.54) is 9.13 Å². The van der Waals surface area contributed by atoms with Crippen molar-refractivity contribution in [2.75, 3.05) is 6.54 Å². The van der Waals surface area contributed by atoms with Crippen LogP contribution in [0.1, 0.15) is 22.7 Å². The van der Waals surface area contributed by atoms with Gasteiger partial charge in [-0.05, 0) is 40.5 Å². The van der Waals surface area contributed by atoms with Gasteiger partial charge in [0, 0.05) is 17.3 Å². The van der Waals surface area contributed by atoms with E-state index in [-0.39, 0.29) is 11.4 Å². The molecule has 6 heteroatoms. The summed E-state index contributed by atoms with van der Waals surface area (Å²) in [6.45, 7) is 0.641. The Morgan fingerprint density at radius 2 is 1.23 bits per heavy atom. The molecule has 0 bridgehead atoms. The number of benzene rings is 5. The lowest BCUT2D eigenvalue weighted by Gasteiger charge is -2.28. The van der Waals surface area contributed by atoms with Gasteiger partial charge in [-0.15, -0.1) is 0 Å². The summed E-state index contributed by atoms with van der Waals surface area (Å²) in [4.78, 5) is 28.7. The molecular formula is C33H25N3O3. The van der Waals surface area contributed by atoms with E-state index >= 15 is 0 Å². The molecule has 0 saturated carbocycles. The second-order valence-corrected chi connectivity index (χ2v) is 9.83. The molecule has 0 spiro atoms. The van der Waals surface area contributed by atoms with Crippen molar-refractivity contribution in [3.63, 3.8) is 0 Å². The van der Waals surface area contributed by atoms with E-state index < -0.39 is 17.3 Å². The first kappa shape index (κ1) is 23.2. The molecule has 0 radical (unpaired) electrons. The van der Waals surface area contributed by atoms with Gasteiger partial charge >= 0.3 is 5.69 Å². The van der Waals surface area contributed by atoms with Crippen molar-refractivity contribution in [3.05, 3.63) is 147 Å². The predicted octanol–water partition coefficient (Wildman–Crippen LogP) is 5.24. The third kappa shape index (κ3) is 3.60. The average Bonchev–Trinajstić information content (AvgIpc) is 2.97. The Hall–Kier alpha value is -4.94. The molecule has 1 aliphatic heterocycles. The van der Waals surface area contributed by atoms with Crippen LogP contribution in [0.15, 0.2) is 119 Å². The van der Waals surface area contributed by atoms with Crippen molar-refractivity contribution in [2.45, 2.75) is 12.5 Å². The second kappa shape index (κ2) is 9.11. The lowest BCUT2D eigenvalue weighted by molar-refractivity contribution is 0.407. The molecule has 1 aliphatic rings. The highest BCUT2D eigenvalue weighted by Crippen LogP contribution is 2.34. The standard InChI is InChI=1S/C33H25N3O3/c37-31-29(30-26-16-6-3-11-23(26)19-20-34-30)32(38)36(28-18-8-13-22-10-2-5-15-25(22)28)33(39)35(31)27-17-7-12-21-9-1-4-14-24(21)27/h1-18,30,34,37H,19-20H2. The van der Waals surface area contributed by atoms with Gasteiger partial charge in [0.1, 0.15) is 0 Å². The number of aromatic hydroxyl groups is 1. The molecule has 2 heterocycles. The predicted molar refractivity (Wildman–Crippen MR) is 154 cm³/mol. The summed E-state index contributed by atoms with van der Waals surface area (Å²) in [5.74, 6) is -0.355. The second-order valence-electron chi connectivity index (χ2n) is 9.83.